The summed E-state index contributed by atoms with van der Waals surface area (Å²) >= 11 is 0. The minimum atomic E-state index is 0.125. The van der Waals surface area contributed by atoms with Crippen molar-refractivity contribution in [3.63, 3.8) is 0 Å². The van der Waals surface area contributed by atoms with Crippen LogP contribution in [0, 0.1) is 19.8 Å². The number of ether oxygens (including phenoxy) is 1. The Kier molecular flexibility index (Phi) is 5.62. The van der Waals surface area contributed by atoms with Gasteiger partial charge in [-0.3, -0.25) is 4.79 Å². The van der Waals surface area contributed by atoms with Crippen LogP contribution in [0.25, 0.3) is 0 Å². The molecule has 1 aromatic rings. The van der Waals surface area contributed by atoms with Gasteiger partial charge in [0.2, 0.25) is 5.91 Å². The van der Waals surface area contributed by atoms with Crippen LogP contribution in [0.3, 0.4) is 0 Å². The molecule has 0 spiro atoms. The molecule has 0 aromatic heterocycles. The highest BCUT2D eigenvalue weighted by Gasteiger charge is 2.20. The van der Waals surface area contributed by atoms with E-state index in [0.717, 1.165) is 18.2 Å². The first-order valence-electron chi connectivity index (χ1n) is 7.70. The van der Waals surface area contributed by atoms with Crippen LogP contribution in [-0.4, -0.2) is 44.1 Å². The Morgan fingerprint density at radius 1 is 1.29 bits per heavy atom. The molecule has 1 aliphatic carbocycles. The molecule has 4 heteroatoms. The summed E-state index contributed by atoms with van der Waals surface area (Å²) in [7, 11) is 1.83. The van der Waals surface area contributed by atoms with E-state index in [1.54, 1.807) is 4.90 Å². The zero-order valence-corrected chi connectivity index (χ0v) is 13.3. The second-order valence-corrected chi connectivity index (χ2v) is 6.06. The van der Waals surface area contributed by atoms with Gasteiger partial charge in [0.1, 0.15) is 12.4 Å². The Morgan fingerprint density at radius 3 is 2.57 bits per heavy atom. The fourth-order valence-corrected chi connectivity index (χ4v) is 2.28. The maximum absolute atomic E-state index is 11.9. The quantitative estimate of drug-likeness (QED) is 0.797. The van der Waals surface area contributed by atoms with Crippen molar-refractivity contribution in [1.29, 1.82) is 0 Å². The van der Waals surface area contributed by atoms with Gasteiger partial charge in [-0.1, -0.05) is 6.07 Å². The normalized spacial score (nSPS) is 14.0. The van der Waals surface area contributed by atoms with E-state index in [2.05, 4.69) is 25.2 Å². The Bertz CT molecular complexity index is 463. The van der Waals surface area contributed by atoms with Gasteiger partial charge in [-0.2, -0.15) is 0 Å². The first-order chi connectivity index (χ1) is 10.0. The molecule has 1 saturated carbocycles. The number of hydrogen-bond donors (Lipinski definition) is 1. The van der Waals surface area contributed by atoms with Crippen molar-refractivity contribution in [1.82, 2.24) is 10.2 Å². The summed E-state index contributed by atoms with van der Waals surface area (Å²) in [5, 5.41) is 3.22. The average molecular weight is 290 g/mol. The molecule has 1 amide bonds. The van der Waals surface area contributed by atoms with Gasteiger partial charge in [-0.05, 0) is 62.4 Å². The fourth-order valence-electron chi connectivity index (χ4n) is 2.28. The summed E-state index contributed by atoms with van der Waals surface area (Å²) < 4.78 is 5.73. The number of nitrogens with one attached hydrogen (secondary N) is 1. The number of likely N-dealkylation sites (N-methyl/N-ethyl adjacent to an activating group) is 1. The molecule has 0 atom stereocenters. The second-order valence-electron chi connectivity index (χ2n) is 6.06. The predicted octanol–water partition coefficient (Wildman–Crippen LogP) is 2.14. The monoisotopic (exact) mass is 290 g/mol. The van der Waals surface area contributed by atoms with Crippen molar-refractivity contribution in [2.75, 3.05) is 33.3 Å². The van der Waals surface area contributed by atoms with Crippen molar-refractivity contribution in [3.05, 3.63) is 29.3 Å². The van der Waals surface area contributed by atoms with E-state index in [4.69, 9.17) is 4.74 Å². The smallest absolute Gasteiger partial charge is 0.236 e. The Hall–Kier alpha value is -1.55. The van der Waals surface area contributed by atoms with Gasteiger partial charge in [0.05, 0.1) is 13.1 Å². The number of nitrogens with zero attached hydrogens (tertiary/aromatic N) is 1. The van der Waals surface area contributed by atoms with Crippen LogP contribution in [0.15, 0.2) is 18.2 Å². The number of carbonyl (C=O) groups is 1. The van der Waals surface area contributed by atoms with Gasteiger partial charge in [0.25, 0.3) is 0 Å². The molecule has 0 aliphatic heterocycles. The zero-order chi connectivity index (χ0) is 15.2. The maximum Gasteiger partial charge on any atom is 0.236 e. The van der Waals surface area contributed by atoms with Gasteiger partial charge < -0.3 is 15.0 Å². The van der Waals surface area contributed by atoms with E-state index in [1.165, 1.54) is 24.0 Å². The van der Waals surface area contributed by atoms with Crippen LogP contribution in [0.1, 0.15) is 24.0 Å². The molecule has 2 rings (SSSR count). The lowest BCUT2D eigenvalue weighted by molar-refractivity contribution is -0.129. The Labute approximate surface area is 127 Å². The Morgan fingerprint density at radius 2 is 1.95 bits per heavy atom. The van der Waals surface area contributed by atoms with Crippen molar-refractivity contribution in [2.45, 2.75) is 26.7 Å². The Balaban J connectivity index is 1.65. The molecule has 4 nitrogen and oxygen atoms in total. The summed E-state index contributed by atoms with van der Waals surface area (Å²) in [6.07, 6.45) is 2.61. The molecule has 116 valence electrons. The summed E-state index contributed by atoms with van der Waals surface area (Å²) in [5.41, 5.74) is 2.39. The molecule has 0 saturated heterocycles. The summed E-state index contributed by atoms with van der Waals surface area (Å²) in [6, 6.07) is 6.16. The van der Waals surface area contributed by atoms with Crippen molar-refractivity contribution < 1.29 is 9.53 Å². The van der Waals surface area contributed by atoms with Crippen LogP contribution in [-0.2, 0) is 4.79 Å². The molecule has 0 radical (unpaired) electrons. The third-order valence-corrected chi connectivity index (χ3v) is 3.72. The van der Waals surface area contributed by atoms with E-state index in [0.29, 0.717) is 19.7 Å². The molecule has 0 bridgehead atoms. The molecule has 21 heavy (non-hydrogen) atoms. The highest BCUT2D eigenvalue weighted by molar-refractivity contribution is 5.77. The predicted molar refractivity (Wildman–Crippen MR) is 84.6 cm³/mol. The lowest BCUT2D eigenvalue weighted by Crippen LogP contribution is -2.38. The number of carbonyl (C=O) groups excluding carboxylic acids is 1. The molecule has 1 aromatic carbocycles. The molecule has 1 N–H and O–H groups in total. The minimum Gasteiger partial charge on any atom is -0.492 e. The van der Waals surface area contributed by atoms with E-state index >= 15 is 0 Å². The number of benzene rings is 1. The van der Waals surface area contributed by atoms with Crippen LogP contribution in [0.4, 0.5) is 0 Å². The molecular formula is C17H26N2O2. The molecule has 0 heterocycles. The van der Waals surface area contributed by atoms with Crippen LogP contribution in [0.2, 0.25) is 0 Å². The van der Waals surface area contributed by atoms with Crippen molar-refractivity contribution >= 4 is 5.91 Å². The third-order valence-electron chi connectivity index (χ3n) is 3.72. The van der Waals surface area contributed by atoms with Gasteiger partial charge in [0.15, 0.2) is 0 Å². The van der Waals surface area contributed by atoms with E-state index in [-0.39, 0.29) is 5.91 Å². The van der Waals surface area contributed by atoms with Crippen LogP contribution >= 0.6 is 0 Å². The average Bonchev–Trinajstić information content (AvgIpc) is 3.21. The van der Waals surface area contributed by atoms with Crippen molar-refractivity contribution in [3.8, 4) is 5.75 Å². The first kappa shape index (κ1) is 15.8. The van der Waals surface area contributed by atoms with Gasteiger partial charge in [-0.25, -0.2) is 0 Å². The summed E-state index contributed by atoms with van der Waals surface area (Å²) in [6.45, 7) is 6.64. The third kappa shape index (κ3) is 5.76. The van der Waals surface area contributed by atoms with Crippen LogP contribution in [0.5, 0.6) is 5.75 Å². The summed E-state index contributed by atoms with van der Waals surface area (Å²) in [4.78, 5) is 13.6. The number of hydrogen-bond acceptors (Lipinski definition) is 3. The molecular weight excluding hydrogens is 264 g/mol. The fraction of sp³-hybridized carbons (Fsp3) is 0.588. The van der Waals surface area contributed by atoms with Gasteiger partial charge >= 0.3 is 0 Å². The lowest BCUT2D eigenvalue weighted by atomic mass is 10.1. The maximum atomic E-state index is 11.9. The number of amides is 1. The van der Waals surface area contributed by atoms with Crippen molar-refractivity contribution in [2.24, 2.45) is 5.92 Å². The number of rotatable bonds is 8. The van der Waals surface area contributed by atoms with E-state index in [1.807, 2.05) is 19.2 Å². The van der Waals surface area contributed by atoms with E-state index < -0.39 is 0 Å². The van der Waals surface area contributed by atoms with Crippen LogP contribution < -0.4 is 10.1 Å². The summed E-state index contributed by atoms with van der Waals surface area (Å²) in [5.74, 6) is 1.80. The topological polar surface area (TPSA) is 41.6 Å². The largest absolute Gasteiger partial charge is 0.492 e. The van der Waals surface area contributed by atoms with Gasteiger partial charge in [0, 0.05) is 7.05 Å². The second kappa shape index (κ2) is 7.46. The SMILES string of the molecule is Cc1cc(C)cc(OCCN(C)C(=O)CNCC2CC2)c1. The molecule has 1 fully saturated rings. The zero-order valence-electron chi connectivity index (χ0n) is 13.3. The lowest BCUT2D eigenvalue weighted by Gasteiger charge is -2.18. The standard InChI is InChI=1S/C17H26N2O2/c1-13-8-14(2)10-16(9-13)21-7-6-19(3)17(20)12-18-11-15-4-5-15/h8-10,15,18H,4-7,11-12H2,1-3H3. The first-order valence-corrected chi connectivity index (χ1v) is 7.70. The molecule has 0 unspecified atom stereocenters. The highest BCUT2D eigenvalue weighted by atomic mass is 16.5. The van der Waals surface area contributed by atoms with E-state index in [9.17, 15) is 4.79 Å². The van der Waals surface area contributed by atoms with Gasteiger partial charge in [-0.15, -0.1) is 0 Å². The minimum absolute atomic E-state index is 0.125. The molecule has 1 aliphatic rings. The highest BCUT2D eigenvalue weighted by Crippen LogP contribution is 2.27. The number of aryl methyl sites for hydroxylation is 2.